The Kier molecular flexibility index (Phi) is 6.80. The number of nitrogens with one attached hydrogen (secondary N) is 1. The first-order chi connectivity index (χ1) is 14.7. The molecule has 1 saturated heterocycles. The van der Waals surface area contributed by atoms with Crippen LogP contribution < -0.4 is 10.2 Å². The number of likely N-dealkylation sites (tertiary alicyclic amines) is 1. The van der Waals surface area contributed by atoms with Gasteiger partial charge < -0.3 is 15.1 Å². The SMILES string of the molecule is CC1CCN(C(=O)c2cc(NC(=O)c3ccc([N+](=O)[O-])cc3Cl)ccc2N(C)C)CC1. The number of benzene rings is 2. The number of halogens is 1. The van der Waals surface area contributed by atoms with Crippen molar-refractivity contribution in [3.8, 4) is 0 Å². The number of nitrogens with zero attached hydrogens (tertiary/aromatic N) is 3. The van der Waals surface area contributed by atoms with E-state index >= 15 is 0 Å². The molecule has 1 aliphatic rings. The van der Waals surface area contributed by atoms with Crippen LogP contribution in [0.15, 0.2) is 36.4 Å². The lowest BCUT2D eigenvalue weighted by Gasteiger charge is -2.31. The van der Waals surface area contributed by atoms with Gasteiger partial charge in [-0.2, -0.15) is 0 Å². The molecule has 0 aromatic heterocycles. The number of amides is 2. The molecule has 0 radical (unpaired) electrons. The van der Waals surface area contributed by atoms with Crippen LogP contribution in [0, 0.1) is 16.0 Å². The summed E-state index contributed by atoms with van der Waals surface area (Å²) in [6.45, 7) is 3.61. The summed E-state index contributed by atoms with van der Waals surface area (Å²) in [6.07, 6.45) is 1.94. The molecular formula is C22H25ClN4O4. The number of hydrogen-bond donors (Lipinski definition) is 1. The van der Waals surface area contributed by atoms with Crippen molar-refractivity contribution in [2.24, 2.45) is 5.92 Å². The minimum absolute atomic E-state index is 0.0182. The fraction of sp³-hybridized carbons (Fsp3) is 0.364. The van der Waals surface area contributed by atoms with E-state index in [1.54, 1.807) is 18.2 Å². The van der Waals surface area contributed by atoms with Gasteiger partial charge in [0.15, 0.2) is 0 Å². The summed E-state index contributed by atoms with van der Waals surface area (Å²) in [5.74, 6) is 0.0252. The van der Waals surface area contributed by atoms with Crippen LogP contribution in [0.3, 0.4) is 0 Å². The molecule has 2 aromatic carbocycles. The first kappa shape index (κ1) is 22.6. The Bertz CT molecular complexity index is 1020. The predicted octanol–water partition coefficient (Wildman–Crippen LogP) is 4.44. The van der Waals surface area contributed by atoms with Crippen LogP contribution in [0.2, 0.25) is 5.02 Å². The lowest BCUT2D eigenvalue weighted by molar-refractivity contribution is -0.384. The largest absolute Gasteiger partial charge is 0.377 e. The van der Waals surface area contributed by atoms with Crippen LogP contribution in [0.25, 0.3) is 0 Å². The van der Waals surface area contributed by atoms with Crippen molar-refractivity contribution in [1.29, 1.82) is 0 Å². The van der Waals surface area contributed by atoms with Gasteiger partial charge in [0.2, 0.25) is 0 Å². The van der Waals surface area contributed by atoms with E-state index in [4.69, 9.17) is 11.6 Å². The number of carbonyl (C=O) groups is 2. The van der Waals surface area contributed by atoms with Crippen LogP contribution >= 0.6 is 11.6 Å². The monoisotopic (exact) mass is 444 g/mol. The molecule has 0 aliphatic carbocycles. The molecule has 1 heterocycles. The Morgan fingerprint density at radius 3 is 2.39 bits per heavy atom. The van der Waals surface area contributed by atoms with Gasteiger partial charge in [0, 0.05) is 50.7 Å². The highest BCUT2D eigenvalue weighted by atomic mass is 35.5. The standard InChI is InChI=1S/C22H25ClN4O4/c1-14-8-10-26(11-9-14)22(29)18-12-15(4-7-20(18)25(2)3)24-21(28)17-6-5-16(27(30)31)13-19(17)23/h4-7,12-14H,8-11H2,1-3H3,(H,24,28). The van der Waals surface area contributed by atoms with Gasteiger partial charge in [-0.3, -0.25) is 19.7 Å². The lowest BCUT2D eigenvalue weighted by Crippen LogP contribution is -2.38. The van der Waals surface area contributed by atoms with Crippen molar-refractivity contribution >= 4 is 40.5 Å². The topological polar surface area (TPSA) is 95.8 Å². The Hall–Kier alpha value is -3.13. The third-order valence-corrected chi connectivity index (χ3v) is 5.76. The van der Waals surface area contributed by atoms with Crippen molar-refractivity contribution < 1.29 is 14.5 Å². The molecule has 0 spiro atoms. The van der Waals surface area contributed by atoms with Crippen molar-refractivity contribution in [2.45, 2.75) is 19.8 Å². The average molecular weight is 445 g/mol. The Morgan fingerprint density at radius 2 is 1.81 bits per heavy atom. The van der Waals surface area contributed by atoms with Gasteiger partial charge in [-0.15, -0.1) is 0 Å². The number of carbonyl (C=O) groups excluding carboxylic acids is 2. The van der Waals surface area contributed by atoms with E-state index in [0.29, 0.717) is 30.3 Å². The second-order valence-electron chi connectivity index (χ2n) is 7.98. The maximum absolute atomic E-state index is 13.2. The van der Waals surface area contributed by atoms with E-state index in [0.717, 1.165) is 24.6 Å². The van der Waals surface area contributed by atoms with E-state index in [1.165, 1.54) is 12.1 Å². The summed E-state index contributed by atoms with van der Waals surface area (Å²) >= 11 is 6.06. The summed E-state index contributed by atoms with van der Waals surface area (Å²) in [4.78, 5) is 39.9. The van der Waals surface area contributed by atoms with Crippen molar-refractivity contribution in [2.75, 3.05) is 37.4 Å². The number of nitro groups is 1. The van der Waals surface area contributed by atoms with Crippen LogP contribution in [-0.4, -0.2) is 48.8 Å². The average Bonchev–Trinajstić information content (AvgIpc) is 2.73. The van der Waals surface area contributed by atoms with Gasteiger partial charge in [0.1, 0.15) is 0 Å². The van der Waals surface area contributed by atoms with Gasteiger partial charge in [-0.1, -0.05) is 18.5 Å². The fourth-order valence-corrected chi connectivity index (χ4v) is 3.82. The zero-order chi connectivity index (χ0) is 22.7. The third kappa shape index (κ3) is 5.14. The highest BCUT2D eigenvalue weighted by Gasteiger charge is 2.24. The third-order valence-electron chi connectivity index (χ3n) is 5.45. The molecule has 0 bridgehead atoms. The Morgan fingerprint density at radius 1 is 1.13 bits per heavy atom. The smallest absolute Gasteiger partial charge is 0.270 e. The van der Waals surface area contributed by atoms with Gasteiger partial charge in [-0.25, -0.2) is 0 Å². The van der Waals surface area contributed by atoms with Crippen molar-refractivity contribution in [3.05, 3.63) is 62.7 Å². The molecule has 0 unspecified atom stereocenters. The Balaban J connectivity index is 1.85. The second-order valence-corrected chi connectivity index (χ2v) is 8.38. The minimum atomic E-state index is -0.577. The summed E-state index contributed by atoms with van der Waals surface area (Å²) in [5, 5.41) is 13.6. The molecule has 1 aliphatic heterocycles. The summed E-state index contributed by atoms with van der Waals surface area (Å²) in [7, 11) is 3.72. The fourth-order valence-electron chi connectivity index (χ4n) is 3.56. The van der Waals surface area contributed by atoms with E-state index in [1.807, 2.05) is 23.9 Å². The van der Waals surface area contributed by atoms with E-state index < -0.39 is 10.8 Å². The predicted molar refractivity (Wildman–Crippen MR) is 121 cm³/mol. The number of piperidine rings is 1. The highest BCUT2D eigenvalue weighted by molar-refractivity contribution is 6.34. The highest BCUT2D eigenvalue weighted by Crippen LogP contribution is 2.28. The van der Waals surface area contributed by atoms with Crippen LogP contribution in [0.5, 0.6) is 0 Å². The lowest BCUT2D eigenvalue weighted by atomic mass is 9.98. The zero-order valence-corrected chi connectivity index (χ0v) is 18.5. The molecule has 1 N–H and O–H groups in total. The molecule has 164 valence electrons. The van der Waals surface area contributed by atoms with E-state index in [-0.39, 0.29) is 22.2 Å². The first-order valence-electron chi connectivity index (χ1n) is 10.0. The molecule has 0 atom stereocenters. The second kappa shape index (κ2) is 9.34. The zero-order valence-electron chi connectivity index (χ0n) is 17.7. The van der Waals surface area contributed by atoms with Crippen LogP contribution in [0.4, 0.5) is 17.1 Å². The molecule has 2 amide bonds. The van der Waals surface area contributed by atoms with Gasteiger partial charge in [0.05, 0.1) is 21.1 Å². The van der Waals surface area contributed by atoms with Crippen molar-refractivity contribution in [3.63, 3.8) is 0 Å². The van der Waals surface area contributed by atoms with Gasteiger partial charge >= 0.3 is 0 Å². The first-order valence-corrected chi connectivity index (χ1v) is 10.4. The molecule has 0 saturated carbocycles. The number of rotatable bonds is 5. The quantitative estimate of drug-likeness (QED) is 0.543. The maximum atomic E-state index is 13.2. The number of non-ortho nitro benzene ring substituents is 1. The number of hydrogen-bond acceptors (Lipinski definition) is 5. The molecule has 8 nitrogen and oxygen atoms in total. The molecule has 1 fully saturated rings. The van der Waals surface area contributed by atoms with E-state index in [2.05, 4.69) is 12.2 Å². The molecule has 2 aromatic rings. The normalized spacial score (nSPS) is 14.3. The summed E-state index contributed by atoms with van der Waals surface area (Å²) in [6, 6.07) is 8.83. The molecular weight excluding hydrogens is 420 g/mol. The van der Waals surface area contributed by atoms with E-state index in [9.17, 15) is 19.7 Å². The maximum Gasteiger partial charge on any atom is 0.270 e. The number of anilines is 2. The van der Waals surface area contributed by atoms with Crippen LogP contribution in [-0.2, 0) is 0 Å². The molecule has 31 heavy (non-hydrogen) atoms. The Labute approximate surface area is 185 Å². The van der Waals surface area contributed by atoms with Gasteiger partial charge in [0.25, 0.3) is 17.5 Å². The van der Waals surface area contributed by atoms with Crippen LogP contribution in [0.1, 0.15) is 40.5 Å². The minimum Gasteiger partial charge on any atom is -0.377 e. The molecule has 3 rings (SSSR count). The van der Waals surface area contributed by atoms with Gasteiger partial charge in [-0.05, 0) is 43.0 Å². The number of nitro benzene ring substituents is 1. The molecule has 9 heteroatoms. The summed E-state index contributed by atoms with van der Waals surface area (Å²) in [5.41, 5.74) is 1.63. The summed E-state index contributed by atoms with van der Waals surface area (Å²) < 4.78 is 0. The van der Waals surface area contributed by atoms with Crippen molar-refractivity contribution in [1.82, 2.24) is 4.90 Å².